The summed E-state index contributed by atoms with van der Waals surface area (Å²) in [5.41, 5.74) is 2.73. The first-order chi connectivity index (χ1) is 17.6. The predicted octanol–water partition coefficient (Wildman–Crippen LogP) is 5.40. The van der Waals surface area contributed by atoms with Gasteiger partial charge in [-0.05, 0) is 44.1 Å². The molecule has 36 heavy (non-hydrogen) atoms. The van der Waals surface area contributed by atoms with E-state index in [-0.39, 0.29) is 12.1 Å². The zero-order valence-corrected chi connectivity index (χ0v) is 21.7. The van der Waals surface area contributed by atoms with Gasteiger partial charge in [0.15, 0.2) is 5.13 Å². The van der Waals surface area contributed by atoms with Crippen LogP contribution in [-0.4, -0.2) is 61.5 Å². The number of benzene rings is 1. The molecule has 1 fully saturated rings. The van der Waals surface area contributed by atoms with Crippen molar-refractivity contribution in [1.82, 2.24) is 24.6 Å². The molecule has 0 saturated heterocycles. The van der Waals surface area contributed by atoms with Gasteiger partial charge in [-0.1, -0.05) is 38.0 Å². The lowest BCUT2D eigenvalue weighted by Crippen LogP contribution is -2.36. The van der Waals surface area contributed by atoms with Crippen LogP contribution >= 0.6 is 11.3 Å². The zero-order chi connectivity index (χ0) is 24.9. The lowest BCUT2D eigenvalue weighted by molar-refractivity contribution is 0.116. The Morgan fingerprint density at radius 3 is 2.81 bits per heavy atom. The summed E-state index contributed by atoms with van der Waals surface area (Å²) >= 11 is 1.59. The molecular weight excluding hydrogens is 472 g/mol. The van der Waals surface area contributed by atoms with Crippen LogP contribution in [0.25, 0.3) is 21.5 Å². The summed E-state index contributed by atoms with van der Waals surface area (Å²) in [6.07, 6.45) is 9.42. The average molecular weight is 507 g/mol. The summed E-state index contributed by atoms with van der Waals surface area (Å²) < 4.78 is 9.20. The number of aliphatic hydroxyl groups is 1. The number of fused-ring (bicyclic) bond motifs is 1. The predicted molar refractivity (Wildman–Crippen MR) is 145 cm³/mol. The molecule has 3 aromatic heterocycles. The van der Waals surface area contributed by atoms with E-state index in [2.05, 4.69) is 34.1 Å². The summed E-state index contributed by atoms with van der Waals surface area (Å²) in [6.45, 7) is 8.27. The van der Waals surface area contributed by atoms with E-state index < -0.39 is 0 Å². The van der Waals surface area contributed by atoms with Crippen molar-refractivity contribution in [1.29, 1.82) is 0 Å². The Morgan fingerprint density at radius 2 is 1.97 bits per heavy atom. The summed E-state index contributed by atoms with van der Waals surface area (Å²) in [6, 6.07) is 9.81. The molecule has 190 valence electrons. The molecule has 1 saturated carbocycles. The maximum atomic E-state index is 10.3. The van der Waals surface area contributed by atoms with Crippen LogP contribution in [0.5, 0.6) is 11.5 Å². The van der Waals surface area contributed by atoms with E-state index in [9.17, 15) is 5.11 Å². The fraction of sp³-hybridized carbons (Fsp3) is 0.444. The highest BCUT2D eigenvalue weighted by molar-refractivity contribution is 7.22. The Hall–Kier alpha value is -3.01. The van der Waals surface area contributed by atoms with Gasteiger partial charge in [0, 0.05) is 36.6 Å². The third kappa shape index (κ3) is 5.86. The maximum Gasteiger partial charge on any atom is 0.184 e. The second-order valence-electron chi connectivity index (χ2n) is 9.25. The molecule has 4 aromatic rings. The fourth-order valence-corrected chi connectivity index (χ4v) is 5.59. The molecule has 1 aromatic carbocycles. The quantitative estimate of drug-likeness (QED) is 0.298. The maximum absolute atomic E-state index is 10.3. The van der Waals surface area contributed by atoms with Gasteiger partial charge in [-0.15, -0.1) is 0 Å². The van der Waals surface area contributed by atoms with Crippen molar-refractivity contribution in [3.05, 3.63) is 48.9 Å². The van der Waals surface area contributed by atoms with E-state index in [1.807, 2.05) is 47.4 Å². The van der Waals surface area contributed by atoms with Crippen LogP contribution in [0.1, 0.15) is 39.5 Å². The number of nitrogens with one attached hydrogen (secondary N) is 1. The van der Waals surface area contributed by atoms with E-state index in [4.69, 9.17) is 9.72 Å². The van der Waals surface area contributed by atoms with Crippen molar-refractivity contribution in [2.24, 2.45) is 0 Å². The average Bonchev–Trinajstić information content (AvgIpc) is 3.53. The number of hydrogen-bond acceptors (Lipinski definition) is 8. The van der Waals surface area contributed by atoms with Gasteiger partial charge in [0.05, 0.1) is 40.8 Å². The SMILES string of the molecule is CCN(CC)CCn1cc(-c2cc(Oc3ccc4nc(N[C@@H]5CCCCC5O)sc4c3)ccn2)cn1. The number of nitrogens with zero attached hydrogens (tertiary/aromatic N) is 5. The van der Waals surface area contributed by atoms with Crippen LogP contribution in [0.4, 0.5) is 5.13 Å². The molecular formula is C27H34N6O2S. The van der Waals surface area contributed by atoms with Crippen molar-refractivity contribution in [3.63, 3.8) is 0 Å². The molecule has 5 rings (SSSR count). The summed E-state index contributed by atoms with van der Waals surface area (Å²) in [5, 5.41) is 19.1. The molecule has 1 aliphatic rings. The van der Waals surface area contributed by atoms with Gasteiger partial charge in [0.2, 0.25) is 0 Å². The van der Waals surface area contributed by atoms with E-state index in [1.165, 1.54) is 0 Å². The first kappa shape index (κ1) is 24.7. The molecule has 8 nitrogen and oxygen atoms in total. The van der Waals surface area contributed by atoms with Crippen LogP contribution in [0.3, 0.4) is 0 Å². The minimum atomic E-state index is -0.306. The van der Waals surface area contributed by atoms with Crippen LogP contribution in [-0.2, 0) is 6.54 Å². The van der Waals surface area contributed by atoms with Gasteiger partial charge < -0.3 is 20.1 Å². The van der Waals surface area contributed by atoms with Crippen molar-refractivity contribution in [2.75, 3.05) is 25.0 Å². The first-order valence-electron chi connectivity index (χ1n) is 12.9. The second kappa shape index (κ2) is 11.4. The number of aromatic nitrogens is 4. The number of anilines is 1. The van der Waals surface area contributed by atoms with Gasteiger partial charge in [-0.2, -0.15) is 5.10 Å². The number of hydrogen-bond donors (Lipinski definition) is 2. The highest BCUT2D eigenvalue weighted by Gasteiger charge is 2.23. The molecule has 2 N–H and O–H groups in total. The largest absolute Gasteiger partial charge is 0.457 e. The molecule has 1 aliphatic carbocycles. The number of pyridine rings is 1. The number of rotatable bonds is 10. The summed E-state index contributed by atoms with van der Waals surface area (Å²) in [7, 11) is 0. The van der Waals surface area contributed by atoms with E-state index in [0.717, 1.165) is 90.0 Å². The molecule has 3 heterocycles. The topological polar surface area (TPSA) is 88.3 Å². The Labute approximate surface area is 216 Å². The Kier molecular flexibility index (Phi) is 7.79. The standard InChI is InChI=1S/C27H34N6O2S/c1-3-32(4-2)13-14-33-18-19(17-29-33)24-15-21(11-12-28-24)35-20-9-10-23-26(16-20)36-27(31-23)30-22-7-5-6-8-25(22)34/h9-12,15-18,22,25,34H,3-8,13-14H2,1-2H3,(H,30,31)/t22-,25?/m1/s1. The molecule has 0 spiro atoms. The Bertz CT molecular complexity index is 1280. The van der Waals surface area contributed by atoms with Crippen molar-refractivity contribution < 1.29 is 9.84 Å². The van der Waals surface area contributed by atoms with Crippen molar-refractivity contribution >= 4 is 26.7 Å². The molecule has 0 aliphatic heterocycles. The lowest BCUT2D eigenvalue weighted by atomic mass is 9.93. The molecule has 0 radical (unpaired) electrons. The Balaban J connectivity index is 1.26. The second-order valence-corrected chi connectivity index (χ2v) is 10.3. The minimum Gasteiger partial charge on any atom is -0.457 e. The molecule has 9 heteroatoms. The normalized spacial score (nSPS) is 18.1. The lowest BCUT2D eigenvalue weighted by Gasteiger charge is -2.27. The number of likely N-dealkylation sites (N-methyl/N-ethyl adjacent to an activating group) is 1. The van der Waals surface area contributed by atoms with Crippen LogP contribution in [0.15, 0.2) is 48.9 Å². The van der Waals surface area contributed by atoms with Crippen molar-refractivity contribution in [2.45, 2.75) is 58.2 Å². The zero-order valence-electron chi connectivity index (χ0n) is 20.9. The van der Waals surface area contributed by atoms with E-state index in [0.29, 0.717) is 0 Å². The Morgan fingerprint density at radius 1 is 1.14 bits per heavy atom. The van der Waals surface area contributed by atoms with Crippen LogP contribution < -0.4 is 10.1 Å². The van der Waals surface area contributed by atoms with Gasteiger partial charge in [-0.25, -0.2) is 4.98 Å². The number of thiazole rings is 1. The number of aliphatic hydroxyl groups excluding tert-OH is 1. The van der Waals surface area contributed by atoms with E-state index in [1.54, 1.807) is 17.5 Å². The molecule has 1 unspecified atom stereocenters. The highest BCUT2D eigenvalue weighted by Crippen LogP contribution is 2.33. The molecule has 0 bridgehead atoms. The van der Waals surface area contributed by atoms with Crippen LogP contribution in [0.2, 0.25) is 0 Å². The van der Waals surface area contributed by atoms with Crippen LogP contribution in [0, 0.1) is 0 Å². The van der Waals surface area contributed by atoms with Crippen molar-refractivity contribution in [3.8, 4) is 22.8 Å². The third-order valence-electron chi connectivity index (χ3n) is 6.83. The number of ether oxygens (including phenoxy) is 1. The highest BCUT2D eigenvalue weighted by atomic mass is 32.1. The summed E-state index contributed by atoms with van der Waals surface area (Å²) in [4.78, 5) is 11.6. The van der Waals surface area contributed by atoms with Gasteiger partial charge in [-0.3, -0.25) is 9.67 Å². The summed E-state index contributed by atoms with van der Waals surface area (Å²) in [5.74, 6) is 1.48. The smallest absolute Gasteiger partial charge is 0.184 e. The molecule has 0 amide bonds. The minimum absolute atomic E-state index is 0.0758. The fourth-order valence-electron chi connectivity index (χ4n) is 4.64. The first-order valence-corrected chi connectivity index (χ1v) is 13.7. The van der Waals surface area contributed by atoms with Gasteiger partial charge in [0.25, 0.3) is 0 Å². The monoisotopic (exact) mass is 506 g/mol. The van der Waals surface area contributed by atoms with E-state index >= 15 is 0 Å². The van der Waals surface area contributed by atoms with Gasteiger partial charge >= 0.3 is 0 Å². The van der Waals surface area contributed by atoms with Gasteiger partial charge in [0.1, 0.15) is 11.5 Å². The third-order valence-corrected chi connectivity index (χ3v) is 7.78. The molecule has 2 atom stereocenters.